The van der Waals surface area contributed by atoms with Gasteiger partial charge in [-0.15, -0.1) is 0 Å². The predicted octanol–water partition coefficient (Wildman–Crippen LogP) is 4.04. The first-order chi connectivity index (χ1) is 9.81. The number of rotatable bonds is 3. The lowest BCUT2D eigenvalue weighted by atomic mass is 9.78. The van der Waals surface area contributed by atoms with Crippen molar-refractivity contribution in [2.75, 3.05) is 12.0 Å². The van der Waals surface area contributed by atoms with E-state index in [0.717, 1.165) is 12.8 Å². The lowest BCUT2D eigenvalue weighted by Gasteiger charge is -2.50. The van der Waals surface area contributed by atoms with Gasteiger partial charge in [0.1, 0.15) is 6.04 Å². The molecule has 0 radical (unpaired) electrons. The summed E-state index contributed by atoms with van der Waals surface area (Å²) >= 11 is 0. The van der Waals surface area contributed by atoms with Crippen LogP contribution in [-0.4, -0.2) is 24.7 Å². The number of nitrogens with zero attached hydrogens (tertiary/aromatic N) is 1. The van der Waals surface area contributed by atoms with E-state index in [1.807, 2.05) is 6.92 Å². The van der Waals surface area contributed by atoms with Gasteiger partial charge < -0.3 is 9.64 Å². The van der Waals surface area contributed by atoms with E-state index in [4.69, 9.17) is 4.74 Å². The van der Waals surface area contributed by atoms with Crippen molar-refractivity contribution >= 4 is 11.7 Å². The molecule has 116 valence electrons. The highest BCUT2D eigenvalue weighted by molar-refractivity contribution is 5.81. The molecule has 2 rings (SSSR count). The van der Waals surface area contributed by atoms with Crippen molar-refractivity contribution in [3.05, 3.63) is 29.3 Å². The summed E-state index contributed by atoms with van der Waals surface area (Å²) in [5, 5.41) is 0. The summed E-state index contributed by atoms with van der Waals surface area (Å²) < 4.78 is 5.04. The summed E-state index contributed by atoms with van der Waals surface area (Å²) in [6, 6.07) is 6.35. The molecule has 1 aliphatic rings. The maximum atomic E-state index is 12.2. The van der Waals surface area contributed by atoms with Crippen molar-refractivity contribution in [3.8, 4) is 0 Å². The van der Waals surface area contributed by atoms with Gasteiger partial charge in [0.15, 0.2) is 0 Å². The Hall–Kier alpha value is -1.51. The minimum absolute atomic E-state index is 0.0604. The van der Waals surface area contributed by atoms with Gasteiger partial charge in [-0.2, -0.15) is 0 Å². The first-order valence-electron chi connectivity index (χ1n) is 7.79. The number of hydrogen-bond donors (Lipinski definition) is 0. The number of anilines is 1. The highest BCUT2D eigenvalue weighted by Gasteiger charge is 2.42. The number of carbonyl (C=O) groups is 1. The van der Waals surface area contributed by atoms with Crippen LogP contribution in [0.3, 0.4) is 0 Å². The minimum Gasteiger partial charge on any atom is -0.467 e. The summed E-state index contributed by atoms with van der Waals surface area (Å²) in [5.74, 6) is 0.356. The third kappa shape index (κ3) is 2.78. The maximum Gasteiger partial charge on any atom is 0.328 e. The van der Waals surface area contributed by atoms with Crippen LogP contribution in [0.25, 0.3) is 0 Å². The smallest absolute Gasteiger partial charge is 0.328 e. The molecular formula is C18H27NO2. The predicted molar refractivity (Wildman–Crippen MR) is 86.9 cm³/mol. The van der Waals surface area contributed by atoms with E-state index >= 15 is 0 Å². The molecule has 0 amide bonds. The Bertz CT molecular complexity index is 536. The Morgan fingerprint density at radius 3 is 2.71 bits per heavy atom. The van der Waals surface area contributed by atoms with Crippen LogP contribution in [0.15, 0.2) is 18.2 Å². The largest absolute Gasteiger partial charge is 0.467 e. The number of ether oxygens (including phenoxy) is 1. The number of hydrogen-bond acceptors (Lipinski definition) is 3. The molecule has 2 unspecified atom stereocenters. The average molecular weight is 289 g/mol. The fraction of sp³-hybridized carbons (Fsp3) is 0.611. The molecule has 0 aromatic heterocycles. The van der Waals surface area contributed by atoms with Crippen molar-refractivity contribution in [3.63, 3.8) is 0 Å². The second kappa shape index (κ2) is 5.70. The Kier molecular flexibility index (Phi) is 4.31. The SMILES string of the molecule is CCC(C(=O)OC)N1c2cc(C)ccc2C(C)CC1(C)C. The molecule has 1 aromatic carbocycles. The molecule has 21 heavy (non-hydrogen) atoms. The van der Waals surface area contributed by atoms with Crippen molar-refractivity contribution in [2.45, 2.75) is 65.0 Å². The van der Waals surface area contributed by atoms with Crippen LogP contribution < -0.4 is 4.90 Å². The van der Waals surface area contributed by atoms with Crippen molar-refractivity contribution in [2.24, 2.45) is 0 Å². The second-order valence-corrected chi connectivity index (χ2v) is 6.80. The normalized spacial score (nSPS) is 21.6. The Balaban J connectivity index is 2.59. The molecule has 2 atom stereocenters. The van der Waals surface area contributed by atoms with E-state index in [1.54, 1.807) is 0 Å². The molecule has 3 nitrogen and oxygen atoms in total. The fourth-order valence-corrected chi connectivity index (χ4v) is 3.74. The van der Waals surface area contributed by atoms with Gasteiger partial charge >= 0.3 is 5.97 Å². The topological polar surface area (TPSA) is 29.5 Å². The number of benzene rings is 1. The third-order valence-corrected chi connectivity index (χ3v) is 4.61. The van der Waals surface area contributed by atoms with Gasteiger partial charge in [-0.1, -0.05) is 26.0 Å². The standard InChI is InChI=1S/C18H27NO2/c1-7-15(17(20)21-6)19-16-10-12(2)8-9-14(16)13(3)11-18(19,4)5/h8-10,13,15H,7,11H2,1-6H3. The molecule has 0 saturated heterocycles. The van der Waals surface area contributed by atoms with E-state index < -0.39 is 0 Å². The van der Waals surface area contributed by atoms with E-state index in [-0.39, 0.29) is 17.6 Å². The number of carbonyl (C=O) groups excluding carboxylic acids is 1. The van der Waals surface area contributed by atoms with Gasteiger partial charge in [0.25, 0.3) is 0 Å². The first-order valence-corrected chi connectivity index (χ1v) is 7.79. The van der Waals surface area contributed by atoms with Gasteiger partial charge in [-0.25, -0.2) is 4.79 Å². The van der Waals surface area contributed by atoms with Crippen LogP contribution in [-0.2, 0) is 9.53 Å². The minimum atomic E-state index is -0.224. The van der Waals surface area contributed by atoms with Crippen molar-refractivity contribution in [1.82, 2.24) is 0 Å². The molecular weight excluding hydrogens is 262 g/mol. The van der Waals surface area contributed by atoms with Crippen LogP contribution in [0, 0.1) is 6.92 Å². The molecule has 0 fully saturated rings. The fourth-order valence-electron chi connectivity index (χ4n) is 3.74. The van der Waals surface area contributed by atoms with E-state index in [0.29, 0.717) is 5.92 Å². The van der Waals surface area contributed by atoms with E-state index in [9.17, 15) is 4.79 Å². The van der Waals surface area contributed by atoms with Crippen LogP contribution in [0.5, 0.6) is 0 Å². The lowest BCUT2D eigenvalue weighted by molar-refractivity contribution is -0.142. The summed E-state index contributed by atoms with van der Waals surface area (Å²) in [7, 11) is 1.47. The van der Waals surface area contributed by atoms with Gasteiger partial charge in [0.2, 0.25) is 0 Å². The molecule has 1 heterocycles. The van der Waals surface area contributed by atoms with Gasteiger partial charge in [0, 0.05) is 11.2 Å². The van der Waals surface area contributed by atoms with Gasteiger partial charge in [-0.05, 0) is 56.7 Å². The Morgan fingerprint density at radius 1 is 1.48 bits per heavy atom. The second-order valence-electron chi connectivity index (χ2n) is 6.80. The lowest BCUT2D eigenvalue weighted by Crippen LogP contribution is -2.56. The highest BCUT2D eigenvalue weighted by Crippen LogP contribution is 2.45. The van der Waals surface area contributed by atoms with E-state index in [2.05, 4.69) is 50.8 Å². The molecule has 1 aliphatic heterocycles. The Morgan fingerprint density at radius 2 is 2.14 bits per heavy atom. The molecule has 0 spiro atoms. The van der Waals surface area contributed by atoms with E-state index in [1.165, 1.54) is 23.9 Å². The van der Waals surface area contributed by atoms with Gasteiger partial charge in [-0.3, -0.25) is 0 Å². The summed E-state index contributed by atoms with van der Waals surface area (Å²) in [5.41, 5.74) is 3.69. The molecule has 0 N–H and O–H groups in total. The zero-order valence-corrected chi connectivity index (χ0v) is 14.1. The monoisotopic (exact) mass is 289 g/mol. The number of aryl methyl sites for hydroxylation is 1. The Labute approximate surface area is 128 Å². The van der Waals surface area contributed by atoms with Crippen LogP contribution in [0.1, 0.15) is 57.6 Å². The average Bonchev–Trinajstić information content (AvgIpc) is 2.41. The maximum absolute atomic E-state index is 12.2. The van der Waals surface area contributed by atoms with Gasteiger partial charge in [0.05, 0.1) is 7.11 Å². The zero-order chi connectivity index (χ0) is 15.8. The quantitative estimate of drug-likeness (QED) is 0.787. The number of methoxy groups -OCH3 is 1. The third-order valence-electron chi connectivity index (χ3n) is 4.61. The van der Waals surface area contributed by atoms with Crippen molar-refractivity contribution in [1.29, 1.82) is 0 Å². The molecule has 3 heteroatoms. The zero-order valence-electron chi connectivity index (χ0n) is 14.1. The number of fused-ring (bicyclic) bond motifs is 1. The molecule has 0 saturated carbocycles. The highest BCUT2D eigenvalue weighted by atomic mass is 16.5. The van der Waals surface area contributed by atoms with Crippen LogP contribution in [0.4, 0.5) is 5.69 Å². The summed E-state index contributed by atoms with van der Waals surface area (Å²) in [4.78, 5) is 14.5. The van der Waals surface area contributed by atoms with Crippen molar-refractivity contribution < 1.29 is 9.53 Å². The molecule has 0 bridgehead atoms. The number of esters is 1. The van der Waals surface area contributed by atoms with Crippen LogP contribution in [0.2, 0.25) is 0 Å². The summed E-state index contributed by atoms with van der Waals surface area (Å²) in [6.45, 7) is 10.9. The van der Waals surface area contributed by atoms with Crippen LogP contribution >= 0.6 is 0 Å². The summed E-state index contributed by atoms with van der Waals surface area (Å²) in [6.07, 6.45) is 1.79. The molecule has 0 aliphatic carbocycles. The first kappa shape index (κ1) is 15.9. The molecule has 1 aromatic rings.